The first-order valence-electron chi connectivity index (χ1n) is 8.78. The van der Waals surface area contributed by atoms with Crippen molar-refractivity contribution < 1.29 is 17.9 Å². The Morgan fingerprint density at radius 2 is 2.15 bits per heavy atom. The molecule has 0 amide bonds. The van der Waals surface area contributed by atoms with Crippen molar-refractivity contribution in [2.75, 3.05) is 39.8 Å². The van der Waals surface area contributed by atoms with Crippen molar-refractivity contribution in [1.29, 1.82) is 0 Å². The fourth-order valence-corrected chi connectivity index (χ4v) is 2.94. The van der Waals surface area contributed by atoms with E-state index in [1.54, 1.807) is 7.05 Å². The molecule has 2 heterocycles. The number of nitrogens with one attached hydrogen (secondary N) is 2. The molecule has 1 fully saturated rings. The molecule has 0 saturated carbocycles. The van der Waals surface area contributed by atoms with Gasteiger partial charge in [0.15, 0.2) is 5.96 Å². The molecular weight excluding hydrogens is 474 g/mol. The van der Waals surface area contributed by atoms with Crippen LogP contribution in [0.25, 0.3) is 0 Å². The molecule has 0 aromatic carbocycles. The molecule has 1 aliphatic rings. The quantitative estimate of drug-likeness (QED) is 0.261. The van der Waals surface area contributed by atoms with Gasteiger partial charge in [-0.15, -0.1) is 24.0 Å². The summed E-state index contributed by atoms with van der Waals surface area (Å²) in [4.78, 5) is 10.3. The van der Waals surface area contributed by atoms with Crippen LogP contribution in [0.1, 0.15) is 25.3 Å². The van der Waals surface area contributed by atoms with E-state index in [0.717, 1.165) is 31.9 Å². The van der Waals surface area contributed by atoms with Crippen LogP contribution in [0.2, 0.25) is 0 Å². The molecule has 154 valence electrons. The number of aliphatic imine (C=N–C) groups is 1. The van der Waals surface area contributed by atoms with Gasteiger partial charge < -0.3 is 15.4 Å². The molecule has 10 heteroatoms. The smallest absolute Gasteiger partial charge is 0.417 e. The molecule has 2 N–H and O–H groups in total. The van der Waals surface area contributed by atoms with E-state index in [-0.39, 0.29) is 36.5 Å². The van der Waals surface area contributed by atoms with Gasteiger partial charge in [-0.25, -0.2) is 4.98 Å². The number of guanidine groups is 1. The van der Waals surface area contributed by atoms with Crippen LogP contribution in [0.5, 0.6) is 5.88 Å². The van der Waals surface area contributed by atoms with Crippen molar-refractivity contribution in [3.8, 4) is 5.88 Å². The van der Waals surface area contributed by atoms with E-state index in [1.165, 1.54) is 18.9 Å². The number of pyridine rings is 1. The molecule has 1 atom stereocenters. The van der Waals surface area contributed by atoms with Crippen LogP contribution < -0.4 is 15.4 Å². The molecule has 1 aliphatic heterocycles. The Hall–Kier alpha value is -1.30. The predicted octanol–water partition coefficient (Wildman–Crippen LogP) is 2.75. The minimum atomic E-state index is -4.39. The number of alkyl halides is 3. The number of aromatic nitrogens is 1. The molecule has 0 bridgehead atoms. The molecular formula is C17H27F3IN5O. The summed E-state index contributed by atoms with van der Waals surface area (Å²) in [5.41, 5.74) is -0.791. The Morgan fingerprint density at radius 3 is 2.74 bits per heavy atom. The van der Waals surface area contributed by atoms with Crippen molar-refractivity contribution in [3.63, 3.8) is 0 Å². The summed E-state index contributed by atoms with van der Waals surface area (Å²) >= 11 is 0. The van der Waals surface area contributed by atoms with E-state index in [4.69, 9.17) is 4.74 Å². The van der Waals surface area contributed by atoms with E-state index < -0.39 is 11.7 Å². The van der Waals surface area contributed by atoms with Gasteiger partial charge in [0.2, 0.25) is 5.88 Å². The van der Waals surface area contributed by atoms with E-state index in [2.05, 4.69) is 32.4 Å². The number of hydrogen-bond donors (Lipinski definition) is 2. The lowest BCUT2D eigenvalue weighted by atomic mass is 10.2. The lowest BCUT2D eigenvalue weighted by Gasteiger charge is -2.23. The standard InChI is InChI=1S/C17H26F3N5O.HI/c1-3-25-9-4-5-14(25)12-24-16(21-2)22-8-10-26-15-7-6-13(11-23-15)17(18,19)20;/h6-7,11,14H,3-5,8-10,12H2,1-2H3,(H2,21,22,24);1H. The lowest BCUT2D eigenvalue weighted by molar-refractivity contribution is -0.137. The van der Waals surface area contributed by atoms with Crippen molar-refractivity contribution in [1.82, 2.24) is 20.5 Å². The second-order valence-electron chi connectivity index (χ2n) is 6.04. The summed E-state index contributed by atoms with van der Waals surface area (Å²) < 4.78 is 42.8. The first-order valence-corrected chi connectivity index (χ1v) is 8.78. The second-order valence-corrected chi connectivity index (χ2v) is 6.04. The SMILES string of the molecule is CCN1CCCC1CNC(=NC)NCCOc1ccc(C(F)(F)F)cn1.I. The number of likely N-dealkylation sites (tertiary alicyclic amines) is 1. The zero-order valence-electron chi connectivity index (χ0n) is 15.6. The third-order valence-corrected chi connectivity index (χ3v) is 4.34. The van der Waals surface area contributed by atoms with Crippen molar-refractivity contribution in [2.45, 2.75) is 32.0 Å². The molecule has 0 radical (unpaired) electrons. The minimum Gasteiger partial charge on any atom is -0.476 e. The molecule has 1 unspecified atom stereocenters. The van der Waals surface area contributed by atoms with E-state index in [0.29, 0.717) is 18.5 Å². The number of hydrogen-bond acceptors (Lipinski definition) is 4. The van der Waals surface area contributed by atoms with Crippen molar-refractivity contribution in [2.24, 2.45) is 4.99 Å². The van der Waals surface area contributed by atoms with Crippen LogP contribution in [0.4, 0.5) is 13.2 Å². The fraction of sp³-hybridized carbons (Fsp3) is 0.647. The maximum absolute atomic E-state index is 12.5. The first-order chi connectivity index (χ1) is 12.4. The summed E-state index contributed by atoms with van der Waals surface area (Å²) in [6, 6.07) is 2.69. The van der Waals surface area contributed by atoms with Gasteiger partial charge in [0.05, 0.1) is 12.1 Å². The van der Waals surface area contributed by atoms with Crippen LogP contribution >= 0.6 is 24.0 Å². The number of rotatable bonds is 7. The molecule has 1 saturated heterocycles. The van der Waals surface area contributed by atoms with Gasteiger partial charge in [0, 0.05) is 31.9 Å². The number of halogens is 4. The Bertz CT molecular complexity index is 583. The lowest BCUT2D eigenvalue weighted by Crippen LogP contribution is -2.45. The Kier molecular flexibility index (Phi) is 10.1. The van der Waals surface area contributed by atoms with E-state index in [1.807, 2.05) is 0 Å². The minimum absolute atomic E-state index is 0. The maximum atomic E-state index is 12.5. The van der Waals surface area contributed by atoms with E-state index in [9.17, 15) is 13.2 Å². The molecule has 6 nitrogen and oxygen atoms in total. The average molecular weight is 501 g/mol. The highest BCUT2D eigenvalue weighted by Crippen LogP contribution is 2.29. The van der Waals surface area contributed by atoms with Gasteiger partial charge in [-0.3, -0.25) is 9.89 Å². The topological polar surface area (TPSA) is 61.8 Å². The molecule has 0 aliphatic carbocycles. The summed E-state index contributed by atoms with van der Waals surface area (Å²) in [6.45, 7) is 5.91. The monoisotopic (exact) mass is 501 g/mol. The molecule has 1 aromatic heterocycles. The summed E-state index contributed by atoms with van der Waals surface area (Å²) in [5, 5.41) is 6.42. The highest BCUT2D eigenvalue weighted by Gasteiger charge is 2.30. The zero-order valence-corrected chi connectivity index (χ0v) is 17.9. The van der Waals surface area contributed by atoms with E-state index >= 15 is 0 Å². The van der Waals surface area contributed by atoms with Gasteiger partial charge >= 0.3 is 6.18 Å². The molecule has 2 rings (SSSR count). The Labute approximate surface area is 175 Å². The van der Waals surface area contributed by atoms with Crippen LogP contribution in [-0.2, 0) is 6.18 Å². The van der Waals surface area contributed by atoms with Gasteiger partial charge in [0.1, 0.15) is 6.61 Å². The average Bonchev–Trinajstić information content (AvgIpc) is 3.08. The summed E-state index contributed by atoms with van der Waals surface area (Å²) in [6.07, 6.45) is -1.22. The number of nitrogens with zero attached hydrogens (tertiary/aromatic N) is 3. The third-order valence-electron chi connectivity index (χ3n) is 4.34. The highest BCUT2D eigenvalue weighted by atomic mass is 127. The molecule has 0 spiro atoms. The van der Waals surface area contributed by atoms with Crippen LogP contribution in [0.3, 0.4) is 0 Å². The maximum Gasteiger partial charge on any atom is 0.417 e. The highest BCUT2D eigenvalue weighted by molar-refractivity contribution is 14.0. The zero-order chi connectivity index (χ0) is 19.0. The number of ether oxygens (including phenoxy) is 1. The molecule has 27 heavy (non-hydrogen) atoms. The normalized spacial score (nSPS) is 18.1. The summed E-state index contributed by atoms with van der Waals surface area (Å²) in [7, 11) is 1.69. The fourth-order valence-electron chi connectivity index (χ4n) is 2.94. The largest absolute Gasteiger partial charge is 0.476 e. The van der Waals surface area contributed by atoms with Crippen molar-refractivity contribution >= 4 is 29.9 Å². The van der Waals surface area contributed by atoms with Crippen LogP contribution in [-0.4, -0.2) is 61.7 Å². The number of likely N-dealkylation sites (N-methyl/N-ethyl adjacent to an activating group) is 1. The van der Waals surface area contributed by atoms with Gasteiger partial charge in [-0.2, -0.15) is 13.2 Å². The third kappa shape index (κ3) is 7.68. The predicted molar refractivity (Wildman–Crippen MR) is 110 cm³/mol. The van der Waals surface area contributed by atoms with Gasteiger partial charge in [-0.05, 0) is 32.0 Å². The first kappa shape index (κ1) is 23.7. The summed E-state index contributed by atoms with van der Waals surface area (Å²) in [5.74, 6) is 0.837. The van der Waals surface area contributed by atoms with Crippen molar-refractivity contribution in [3.05, 3.63) is 23.9 Å². The van der Waals surface area contributed by atoms with Crippen LogP contribution in [0.15, 0.2) is 23.3 Å². The van der Waals surface area contributed by atoms with Gasteiger partial charge in [-0.1, -0.05) is 6.92 Å². The van der Waals surface area contributed by atoms with Gasteiger partial charge in [0.25, 0.3) is 0 Å². The van der Waals surface area contributed by atoms with Crippen LogP contribution in [0, 0.1) is 0 Å². The Balaban J connectivity index is 0.00000364. The second kappa shape index (κ2) is 11.5. The molecule has 1 aromatic rings. The Morgan fingerprint density at radius 1 is 1.37 bits per heavy atom.